The Morgan fingerprint density at radius 2 is 1.57 bits per heavy atom. The standard InChI is InChI=1S/C30H34Cl2N2O3/c1-5-22(4)33-30(36)27(17-23-9-7-6-8-10-23)34(18-24-11-13-25(31)14-12-24)28(35)19-37-26-15-20(2)29(32)21(3)16-26/h6-16,22,27H,5,17-19H2,1-4H3,(H,33,36)/t22-,27+/m0/s1. The number of ether oxygens (including phenoxy) is 1. The van der Waals surface area contributed by atoms with Crippen molar-refractivity contribution in [1.82, 2.24) is 10.2 Å². The molecule has 0 aromatic heterocycles. The van der Waals surface area contributed by atoms with Crippen LogP contribution in [0.1, 0.15) is 42.5 Å². The van der Waals surface area contributed by atoms with E-state index in [4.69, 9.17) is 27.9 Å². The molecule has 3 aromatic rings. The van der Waals surface area contributed by atoms with Crippen molar-refractivity contribution in [1.29, 1.82) is 0 Å². The van der Waals surface area contributed by atoms with Crippen molar-refractivity contribution < 1.29 is 14.3 Å². The molecule has 5 nitrogen and oxygen atoms in total. The van der Waals surface area contributed by atoms with Crippen molar-refractivity contribution in [2.45, 2.75) is 59.2 Å². The van der Waals surface area contributed by atoms with Crippen LogP contribution in [0.3, 0.4) is 0 Å². The van der Waals surface area contributed by atoms with Crippen LogP contribution in [0, 0.1) is 13.8 Å². The van der Waals surface area contributed by atoms with E-state index in [1.165, 1.54) is 0 Å². The lowest BCUT2D eigenvalue weighted by molar-refractivity contribution is -0.143. The topological polar surface area (TPSA) is 58.6 Å². The Kier molecular flexibility index (Phi) is 10.4. The van der Waals surface area contributed by atoms with E-state index in [0.717, 1.165) is 28.7 Å². The molecule has 3 rings (SSSR count). The van der Waals surface area contributed by atoms with Crippen molar-refractivity contribution in [3.05, 3.63) is 99.0 Å². The number of carbonyl (C=O) groups is 2. The van der Waals surface area contributed by atoms with Gasteiger partial charge >= 0.3 is 0 Å². The summed E-state index contributed by atoms with van der Waals surface area (Å²) >= 11 is 12.4. The minimum absolute atomic E-state index is 0.0190. The maximum Gasteiger partial charge on any atom is 0.261 e. The van der Waals surface area contributed by atoms with E-state index in [2.05, 4.69) is 5.32 Å². The van der Waals surface area contributed by atoms with E-state index >= 15 is 0 Å². The maximum atomic E-state index is 13.7. The first-order valence-corrected chi connectivity index (χ1v) is 13.2. The van der Waals surface area contributed by atoms with E-state index in [1.807, 2.05) is 82.3 Å². The number of nitrogens with one attached hydrogen (secondary N) is 1. The molecule has 0 saturated carbocycles. The summed E-state index contributed by atoms with van der Waals surface area (Å²) in [4.78, 5) is 28.8. The number of nitrogens with zero attached hydrogens (tertiary/aromatic N) is 1. The van der Waals surface area contributed by atoms with E-state index in [0.29, 0.717) is 22.2 Å². The SMILES string of the molecule is CC[C@H](C)NC(=O)[C@@H](Cc1ccccc1)N(Cc1ccc(Cl)cc1)C(=O)COc1cc(C)c(Cl)c(C)c1. The van der Waals surface area contributed by atoms with Crippen LogP contribution in [-0.2, 0) is 22.6 Å². The average molecular weight is 542 g/mol. The van der Waals surface area contributed by atoms with E-state index < -0.39 is 6.04 Å². The summed E-state index contributed by atoms with van der Waals surface area (Å²) < 4.78 is 5.90. The summed E-state index contributed by atoms with van der Waals surface area (Å²) in [5, 5.41) is 4.34. The molecule has 2 amide bonds. The molecule has 0 unspecified atom stereocenters. The van der Waals surface area contributed by atoms with Gasteiger partial charge in [-0.2, -0.15) is 0 Å². The van der Waals surface area contributed by atoms with Crippen molar-refractivity contribution in [3.63, 3.8) is 0 Å². The van der Waals surface area contributed by atoms with Crippen molar-refractivity contribution in [2.75, 3.05) is 6.61 Å². The number of carbonyl (C=O) groups excluding carboxylic acids is 2. The summed E-state index contributed by atoms with van der Waals surface area (Å²) in [6.07, 6.45) is 1.16. The predicted molar refractivity (Wildman–Crippen MR) is 150 cm³/mol. The van der Waals surface area contributed by atoms with Gasteiger partial charge in [-0.25, -0.2) is 0 Å². The molecule has 0 saturated heterocycles. The van der Waals surface area contributed by atoms with Crippen LogP contribution in [0.2, 0.25) is 10.0 Å². The molecule has 7 heteroatoms. The Hall–Kier alpha value is -3.02. The molecule has 0 radical (unpaired) electrons. The molecule has 0 aliphatic heterocycles. The van der Waals surface area contributed by atoms with Crippen LogP contribution >= 0.6 is 23.2 Å². The summed E-state index contributed by atoms with van der Waals surface area (Å²) in [6, 6.07) is 19.9. The third-order valence-corrected chi connectivity index (χ3v) is 7.16. The third kappa shape index (κ3) is 8.24. The molecule has 0 heterocycles. The van der Waals surface area contributed by atoms with Gasteiger partial charge in [-0.3, -0.25) is 9.59 Å². The highest BCUT2D eigenvalue weighted by Gasteiger charge is 2.31. The molecule has 196 valence electrons. The zero-order valence-electron chi connectivity index (χ0n) is 21.8. The monoisotopic (exact) mass is 540 g/mol. The number of hydrogen-bond acceptors (Lipinski definition) is 3. The van der Waals surface area contributed by atoms with Crippen LogP contribution in [0.4, 0.5) is 0 Å². The fourth-order valence-corrected chi connectivity index (χ4v) is 4.23. The second kappa shape index (κ2) is 13.5. The van der Waals surface area contributed by atoms with Gasteiger partial charge in [0, 0.05) is 29.1 Å². The highest BCUT2D eigenvalue weighted by molar-refractivity contribution is 6.32. The molecule has 0 spiro atoms. The lowest BCUT2D eigenvalue weighted by Crippen LogP contribution is -2.53. The fourth-order valence-electron chi connectivity index (χ4n) is 4.00. The number of aryl methyl sites for hydroxylation is 2. The fraction of sp³-hybridized carbons (Fsp3) is 0.333. The first kappa shape index (κ1) is 28.5. The Morgan fingerprint density at radius 1 is 0.946 bits per heavy atom. The Labute approximate surface area is 229 Å². The van der Waals surface area contributed by atoms with Gasteiger partial charge in [-0.15, -0.1) is 0 Å². The largest absolute Gasteiger partial charge is 0.484 e. The van der Waals surface area contributed by atoms with Gasteiger partial charge in [0.2, 0.25) is 5.91 Å². The van der Waals surface area contributed by atoms with Gasteiger partial charge in [-0.1, -0.05) is 72.6 Å². The predicted octanol–water partition coefficient (Wildman–Crippen LogP) is 6.54. The lowest BCUT2D eigenvalue weighted by Gasteiger charge is -2.32. The van der Waals surface area contributed by atoms with E-state index in [1.54, 1.807) is 17.0 Å². The zero-order valence-corrected chi connectivity index (χ0v) is 23.3. The Balaban J connectivity index is 1.92. The summed E-state index contributed by atoms with van der Waals surface area (Å²) in [7, 11) is 0. The summed E-state index contributed by atoms with van der Waals surface area (Å²) in [6.45, 7) is 7.78. The number of rotatable bonds is 11. The quantitative estimate of drug-likeness (QED) is 0.300. The van der Waals surface area contributed by atoms with Gasteiger partial charge in [0.25, 0.3) is 5.91 Å². The van der Waals surface area contributed by atoms with Gasteiger partial charge in [0.1, 0.15) is 11.8 Å². The minimum Gasteiger partial charge on any atom is -0.484 e. The normalized spacial score (nSPS) is 12.5. The lowest BCUT2D eigenvalue weighted by atomic mass is 10.0. The highest BCUT2D eigenvalue weighted by Crippen LogP contribution is 2.26. The highest BCUT2D eigenvalue weighted by atomic mass is 35.5. The van der Waals surface area contributed by atoms with Gasteiger partial charge < -0.3 is 15.0 Å². The molecule has 0 bridgehead atoms. The smallest absolute Gasteiger partial charge is 0.261 e. The maximum absolute atomic E-state index is 13.7. The Morgan fingerprint density at radius 3 is 2.16 bits per heavy atom. The van der Waals surface area contributed by atoms with E-state index in [-0.39, 0.29) is 31.0 Å². The molecule has 3 aromatic carbocycles. The average Bonchev–Trinajstić information content (AvgIpc) is 2.89. The van der Waals surface area contributed by atoms with Crippen LogP contribution in [0.15, 0.2) is 66.7 Å². The molecular weight excluding hydrogens is 507 g/mol. The Bertz CT molecular complexity index is 1180. The molecule has 0 fully saturated rings. The van der Waals surface area contributed by atoms with Crippen LogP contribution in [0.25, 0.3) is 0 Å². The minimum atomic E-state index is -0.725. The number of hydrogen-bond donors (Lipinski definition) is 1. The molecule has 1 N–H and O–H groups in total. The van der Waals surface area contributed by atoms with Crippen LogP contribution in [0.5, 0.6) is 5.75 Å². The molecule has 0 aliphatic rings. The van der Waals surface area contributed by atoms with Crippen molar-refractivity contribution in [3.8, 4) is 5.75 Å². The van der Waals surface area contributed by atoms with E-state index in [9.17, 15) is 9.59 Å². The van der Waals surface area contributed by atoms with Crippen LogP contribution < -0.4 is 10.1 Å². The molecule has 2 atom stereocenters. The third-order valence-electron chi connectivity index (χ3n) is 6.31. The van der Waals surface area contributed by atoms with Gasteiger partial charge in [0.15, 0.2) is 6.61 Å². The first-order chi connectivity index (χ1) is 17.7. The number of amides is 2. The van der Waals surface area contributed by atoms with Gasteiger partial charge in [-0.05, 0) is 73.7 Å². The second-order valence-electron chi connectivity index (χ2n) is 9.33. The summed E-state index contributed by atoms with van der Waals surface area (Å²) in [5.74, 6) is 0.0713. The van der Waals surface area contributed by atoms with Crippen molar-refractivity contribution in [2.24, 2.45) is 0 Å². The zero-order chi connectivity index (χ0) is 26.9. The van der Waals surface area contributed by atoms with Crippen LogP contribution in [-0.4, -0.2) is 35.4 Å². The molecule has 37 heavy (non-hydrogen) atoms. The first-order valence-electron chi connectivity index (χ1n) is 12.5. The number of halogens is 2. The number of benzene rings is 3. The molecule has 0 aliphatic carbocycles. The molecular formula is C30H34Cl2N2O3. The summed E-state index contributed by atoms with van der Waals surface area (Å²) in [5.41, 5.74) is 3.57. The van der Waals surface area contributed by atoms with Gasteiger partial charge in [0.05, 0.1) is 0 Å². The van der Waals surface area contributed by atoms with Crippen molar-refractivity contribution >= 4 is 35.0 Å². The second-order valence-corrected chi connectivity index (χ2v) is 10.1.